The molecule has 1 heterocycles. The predicted octanol–water partition coefficient (Wildman–Crippen LogP) is 1.57. The van der Waals surface area contributed by atoms with Gasteiger partial charge >= 0.3 is 0 Å². The van der Waals surface area contributed by atoms with E-state index >= 15 is 0 Å². The number of nitrogens with zero attached hydrogens (tertiary/aromatic N) is 3. The van der Waals surface area contributed by atoms with E-state index in [-0.39, 0.29) is 28.4 Å². The minimum atomic E-state index is -0.461. The van der Waals surface area contributed by atoms with Gasteiger partial charge in [-0.2, -0.15) is 0 Å². The maximum atomic E-state index is 12.3. The van der Waals surface area contributed by atoms with Crippen LogP contribution in [0.15, 0.2) is 24.3 Å². The van der Waals surface area contributed by atoms with Crippen molar-refractivity contribution in [2.24, 2.45) is 0 Å². The molecule has 162 valence electrons. The van der Waals surface area contributed by atoms with Gasteiger partial charge in [-0.25, -0.2) is 9.97 Å². The normalized spacial score (nSPS) is 11.2. The molecule has 0 spiro atoms. The molecule has 0 saturated heterocycles. The average Bonchev–Trinajstić information content (AvgIpc) is 2.68. The van der Waals surface area contributed by atoms with Crippen LogP contribution in [-0.4, -0.2) is 66.5 Å². The van der Waals surface area contributed by atoms with E-state index in [0.29, 0.717) is 34.7 Å². The molecule has 11 heteroatoms. The topological polar surface area (TPSA) is 136 Å². The number of anilines is 2. The number of likely N-dealkylation sites (N-methyl/N-ethyl adjacent to an activating group) is 1. The summed E-state index contributed by atoms with van der Waals surface area (Å²) in [6.45, 7) is 2.44. The van der Waals surface area contributed by atoms with Crippen molar-refractivity contribution >= 4 is 46.7 Å². The van der Waals surface area contributed by atoms with Crippen LogP contribution in [0.4, 0.5) is 11.6 Å². The number of carbonyl (C=O) groups excluding carboxylic acids is 2. The largest absolute Gasteiger partial charge is 0.382 e. The highest BCUT2D eigenvalue weighted by molar-refractivity contribution is 6.31. The summed E-state index contributed by atoms with van der Waals surface area (Å²) in [5, 5.41) is 6.18. The van der Waals surface area contributed by atoms with Gasteiger partial charge in [-0.05, 0) is 24.3 Å². The first-order valence-corrected chi connectivity index (χ1v) is 10.1. The van der Waals surface area contributed by atoms with E-state index in [1.807, 2.05) is 14.1 Å². The van der Waals surface area contributed by atoms with E-state index in [1.54, 1.807) is 24.3 Å². The molecule has 30 heavy (non-hydrogen) atoms. The van der Waals surface area contributed by atoms with Crippen molar-refractivity contribution in [2.75, 3.05) is 51.7 Å². The second kappa shape index (κ2) is 10.4. The number of nitrogens with one attached hydrogen (secondary N) is 2. The molecule has 0 aliphatic heterocycles. The van der Waals surface area contributed by atoms with Gasteiger partial charge in [0.05, 0.1) is 33.7 Å². The van der Waals surface area contributed by atoms with Crippen LogP contribution < -0.4 is 22.1 Å². The van der Waals surface area contributed by atoms with Crippen LogP contribution in [0.3, 0.4) is 0 Å². The number of rotatable bonds is 9. The molecule has 0 aliphatic rings. The number of hydrogen-bond donors (Lipinski definition) is 4. The lowest BCUT2D eigenvalue weighted by molar-refractivity contribution is -0.889. The molecule has 2 aromatic rings. The molecule has 9 nitrogen and oxygen atoms in total. The van der Waals surface area contributed by atoms with Gasteiger partial charge in [0.15, 0.2) is 22.5 Å². The fourth-order valence-electron chi connectivity index (χ4n) is 2.69. The Kier molecular flexibility index (Phi) is 8.22. The van der Waals surface area contributed by atoms with Gasteiger partial charge in [0, 0.05) is 23.6 Å². The molecule has 1 aromatic carbocycles. The first kappa shape index (κ1) is 23.7. The van der Waals surface area contributed by atoms with Gasteiger partial charge in [-0.3, -0.25) is 9.59 Å². The Balaban J connectivity index is 1.72. The summed E-state index contributed by atoms with van der Waals surface area (Å²) >= 11 is 11.6. The summed E-state index contributed by atoms with van der Waals surface area (Å²) in [5.41, 5.74) is 11.7. The Hall–Kier alpha value is -2.62. The van der Waals surface area contributed by atoms with Crippen LogP contribution in [0, 0.1) is 0 Å². The first-order chi connectivity index (χ1) is 14.1. The van der Waals surface area contributed by atoms with Crippen LogP contribution in [0.1, 0.15) is 27.3 Å². The first-order valence-electron chi connectivity index (χ1n) is 9.31. The van der Waals surface area contributed by atoms with E-state index in [2.05, 4.69) is 20.6 Å². The summed E-state index contributed by atoms with van der Waals surface area (Å²) in [4.78, 5) is 32.0. The number of halogens is 2. The van der Waals surface area contributed by atoms with E-state index in [4.69, 9.17) is 34.7 Å². The highest BCUT2D eigenvalue weighted by Crippen LogP contribution is 2.17. The highest BCUT2D eigenvalue weighted by atomic mass is 35.5. The van der Waals surface area contributed by atoms with Crippen molar-refractivity contribution in [3.05, 3.63) is 45.7 Å². The van der Waals surface area contributed by atoms with Crippen molar-refractivity contribution in [3.63, 3.8) is 0 Å². The lowest BCUT2D eigenvalue weighted by atomic mass is 10.2. The minimum Gasteiger partial charge on any atom is -0.382 e. The van der Waals surface area contributed by atoms with Crippen LogP contribution in [0.2, 0.25) is 10.2 Å². The summed E-state index contributed by atoms with van der Waals surface area (Å²) in [6.07, 6.45) is 0.784. The average molecular weight is 455 g/mol. The van der Waals surface area contributed by atoms with Crippen molar-refractivity contribution in [2.45, 2.75) is 6.42 Å². The number of nitrogen functional groups attached to an aromatic ring is 2. The van der Waals surface area contributed by atoms with Gasteiger partial charge in [0.2, 0.25) is 0 Å². The van der Waals surface area contributed by atoms with Gasteiger partial charge in [0.25, 0.3) is 11.8 Å². The standard InChI is InChI=1S/C19H25Cl2N7O2/c1-28(2,10-3-8-24-18(29)12-4-6-13(20)7-5-12)11-9-25-19(30)14-16(22)27-17(23)15(21)26-14/h4-7H,3,8-11H2,1-2H3,(H5-,22,23,24,25,27,29,30)/p+1. The van der Waals surface area contributed by atoms with Crippen LogP contribution in [0.25, 0.3) is 0 Å². The van der Waals surface area contributed by atoms with E-state index < -0.39 is 5.91 Å². The third-order valence-corrected chi connectivity index (χ3v) is 4.98. The van der Waals surface area contributed by atoms with Crippen molar-refractivity contribution in [3.8, 4) is 0 Å². The Bertz CT molecular complexity index is 905. The predicted molar refractivity (Wildman–Crippen MR) is 118 cm³/mol. The molecular weight excluding hydrogens is 429 g/mol. The van der Waals surface area contributed by atoms with Gasteiger partial charge < -0.3 is 26.6 Å². The number of benzene rings is 1. The molecule has 0 atom stereocenters. The smallest absolute Gasteiger partial charge is 0.273 e. The molecule has 0 unspecified atom stereocenters. The molecule has 6 N–H and O–H groups in total. The lowest BCUT2D eigenvalue weighted by Gasteiger charge is -2.30. The Labute approximate surface area is 185 Å². The Morgan fingerprint density at radius 3 is 2.23 bits per heavy atom. The van der Waals surface area contributed by atoms with Crippen molar-refractivity contribution < 1.29 is 14.1 Å². The van der Waals surface area contributed by atoms with E-state index in [9.17, 15) is 9.59 Å². The molecule has 2 amide bonds. The molecular formula is C19H26Cl2N7O2+. The van der Waals surface area contributed by atoms with Crippen LogP contribution in [0.5, 0.6) is 0 Å². The Morgan fingerprint density at radius 2 is 1.57 bits per heavy atom. The summed E-state index contributed by atoms with van der Waals surface area (Å²) < 4.78 is 0.654. The zero-order valence-electron chi connectivity index (χ0n) is 16.9. The highest BCUT2D eigenvalue weighted by Gasteiger charge is 2.18. The number of nitrogens with two attached hydrogens (primary N) is 2. The fourth-order valence-corrected chi connectivity index (χ4v) is 2.94. The molecule has 0 fully saturated rings. The second-order valence-electron chi connectivity index (χ2n) is 7.39. The molecule has 0 bridgehead atoms. The monoisotopic (exact) mass is 454 g/mol. The number of aromatic nitrogens is 2. The number of carbonyl (C=O) groups is 2. The van der Waals surface area contributed by atoms with Crippen molar-refractivity contribution in [1.29, 1.82) is 0 Å². The number of hydrogen-bond acceptors (Lipinski definition) is 6. The van der Waals surface area contributed by atoms with E-state index in [1.165, 1.54) is 0 Å². The van der Waals surface area contributed by atoms with Gasteiger partial charge in [0.1, 0.15) is 0 Å². The molecule has 2 rings (SSSR count). The summed E-state index contributed by atoms with van der Waals surface area (Å²) in [5.74, 6) is -0.687. The van der Waals surface area contributed by atoms with E-state index in [0.717, 1.165) is 13.0 Å². The summed E-state index contributed by atoms with van der Waals surface area (Å²) in [7, 11) is 4.09. The Morgan fingerprint density at radius 1 is 0.933 bits per heavy atom. The molecule has 0 aliphatic carbocycles. The third-order valence-electron chi connectivity index (χ3n) is 4.45. The van der Waals surface area contributed by atoms with Crippen LogP contribution in [-0.2, 0) is 0 Å². The fraction of sp³-hybridized carbons (Fsp3) is 0.368. The van der Waals surface area contributed by atoms with Gasteiger partial charge in [-0.1, -0.05) is 23.2 Å². The summed E-state index contributed by atoms with van der Waals surface area (Å²) in [6, 6.07) is 6.74. The number of quaternary nitrogens is 1. The maximum absolute atomic E-state index is 12.3. The third kappa shape index (κ3) is 7.01. The molecule has 0 saturated carbocycles. The number of amides is 2. The van der Waals surface area contributed by atoms with Crippen molar-refractivity contribution in [1.82, 2.24) is 20.6 Å². The molecule has 0 radical (unpaired) electrons. The lowest BCUT2D eigenvalue weighted by Crippen LogP contribution is -2.46. The zero-order chi connectivity index (χ0) is 22.3. The zero-order valence-corrected chi connectivity index (χ0v) is 18.4. The van der Waals surface area contributed by atoms with Crippen LogP contribution >= 0.6 is 23.2 Å². The maximum Gasteiger partial charge on any atom is 0.273 e. The quantitative estimate of drug-likeness (QED) is 0.335. The van der Waals surface area contributed by atoms with Gasteiger partial charge in [-0.15, -0.1) is 0 Å². The molecule has 1 aromatic heterocycles. The minimum absolute atomic E-state index is 0.0216. The second-order valence-corrected chi connectivity index (χ2v) is 8.18. The SMILES string of the molecule is C[N+](C)(CCCNC(=O)c1ccc(Cl)cc1)CCNC(=O)c1nc(Cl)c(N)nc1N.